The standard InChI is InChI=1S/C13H10ClNO3/c1-8-7-15-5-4-12(8)18-9-2-3-11(14)10(6-9)13(16)17/h2-7H,1H3,(H,16,17). The van der Waals surface area contributed by atoms with Crippen molar-refractivity contribution in [2.45, 2.75) is 6.92 Å². The Hall–Kier alpha value is -2.07. The second-order valence-corrected chi connectivity index (χ2v) is 4.10. The summed E-state index contributed by atoms with van der Waals surface area (Å²) in [4.78, 5) is 14.9. The van der Waals surface area contributed by atoms with E-state index in [1.165, 1.54) is 12.1 Å². The lowest BCUT2D eigenvalue weighted by Crippen LogP contribution is -1.98. The summed E-state index contributed by atoms with van der Waals surface area (Å²) in [5.74, 6) is -0.0355. The molecule has 2 aromatic rings. The first kappa shape index (κ1) is 12.4. The van der Waals surface area contributed by atoms with E-state index in [-0.39, 0.29) is 10.6 Å². The second kappa shape index (κ2) is 5.06. The van der Waals surface area contributed by atoms with E-state index in [1.807, 2.05) is 6.92 Å². The van der Waals surface area contributed by atoms with Crippen LogP contribution in [-0.4, -0.2) is 16.1 Å². The molecule has 5 heteroatoms. The van der Waals surface area contributed by atoms with Crippen molar-refractivity contribution in [3.63, 3.8) is 0 Å². The number of halogens is 1. The highest BCUT2D eigenvalue weighted by Crippen LogP contribution is 2.27. The smallest absolute Gasteiger partial charge is 0.337 e. The van der Waals surface area contributed by atoms with Crippen molar-refractivity contribution in [3.8, 4) is 11.5 Å². The predicted molar refractivity (Wildman–Crippen MR) is 67.5 cm³/mol. The number of carboxylic acid groups (broad SMARTS) is 1. The van der Waals surface area contributed by atoms with Gasteiger partial charge >= 0.3 is 5.97 Å². The molecule has 0 saturated carbocycles. The van der Waals surface area contributed by atoms with Gasteiger partial charge in [0.25, 0.3) is 0 Å². The molecule has 0 radical (unpaired) electrons. The monoisotopic (exact) mass is 263 g/mol. The zero-order chi connectivity index (χ0) is 13.1. The van der Waals surface area contributed by atoms with Crippen molar-refractivity contribution in [2.75, 3.05) is 0 Å². The summed E-state index contributed by atoms with van der Waals surface area (Å²) < 4.78 is 5.59. The van der Waals surface area contributed by atoms with E-state index in [2.05, 4.69) is 4.98 Å². The lowest BCUT2D eigenvalue weighted by Gasteiger charge is -2.09. The van der Waals surface area contributed by atoms with Crippen molar-refractivity contribution in [1.82, 2.24) is 4.98 Å². The van der Waals surface area contributed by atoms with Crippen molar-refractivity contribution >= 4 is 17.6 Å². The van der Waals surface area contributed by atoms with E-state index < -0.39 is 5.97 Å². The van der Waals surface area contributed by atoms with Gasteiger partial charge in [0.05, 0.1) is 10.6 Å². The summed E-state index contributed by atoms with van der Waals surface area (Å²) in [6.07, 6.45) is 3.28. The maximum absolute atomic E-state index is 10.9. The number of nitrogens with zero attached hydrogens (tertiary/aromatic N) is 1. The zero-order valence-corrected chi connectivity index (χ0v) is 10.3. The van der Waals surface area contributed by atoms with Crippen LogP contribution in [0.4, 0.5) is 0 Å². The lowest BCUT2D eigenvalue weighted by molar-refractivity contribution is 0.0696. The van der Waals surface area contributed by atoms with Crippen LogP contribution >= 0.6 is 11.6 Å². The van der Waals surface area contributed by atoms with Crippen LogP contribution in [0.15, 0.2) is 36.7 Å². The van der Waals surface area contributed by atoms with Gasteiger partial charge in [-0.2, -0.15) is 0 Å². The molecule has 0 atom stereocenters. The lowest BCUT2D eigenvalue weighted by atomic mass is 10.2. The Bertz CT molecular complexity index is 599. The zero-order valence-electron chi connectivity index (χ0n) is 9.55. The molecule has 18 heavy (non-hydrogen) atoms. The fraction of sp³-hybridized carbons (Fsp3) is 0.0769. The van der Waals surface area contributed by atoms with Gasteiger partial charge in [0.1, 0.15) is 11.5 Å². The number of aryl methyl sites for hydroxylation is 1. The number of carboxylic acids is 1. The highest BCUT2D eigenvalue weighted by atomic mass is 35.5. The van der Waals surface area contributed by atoms with Crippen molar-refractivity contribution in [2.24, 2.45) is 0 Å². The molecule has 0 spiro atoms. The number of aromatic carboxylic acids is 1. The highest BCUT2D eigenvalue weighted by molar-refractivity contribution is 6.33. The number of benzene rings is 1. The normalized spacial score (nSPS) is 10.1. The molecule has 0 aliphatic rings. The summed E-state index contributed by atoms with van der Waals surface area (Å²) >= 11 is 5.78. The Labute approximate surface area is 109 Å². The number of hydrogen-bond acceptors (Lipinski definition) is 3. The molecule has 0 fully saturated rings. The quantitative estimate of drug-likeness (QED) is 0.920. The Morgan fingerprint density at radius 1 is 1.39 bits per heavy atom. The van der Waals surface area contributed by atoms with E-state index in [1.54, 1.807) is 24.5 Å². The van der Waals surface area contributed by atoms with Gasteiger partial charge < -0.3 is 9.84 Å². The van der Waals surface area contributed by atoms with Gasteiger partial charge in [-0.25, -0.2) is 4.79 Å². The van der Waals surface area contributed by atoms with Crippen LogP contribution in [-0.2, 0) is 0 Å². The van der Waals surface area contributed by atoms with E-state index >= 15 is 0 Å². The summed E-state index contributed by atoms with van der Waals surface area (Å²) in [5, 5.41) is 9.14. The number of hydrogen-bond donors (Lipinski definition) is 1. The van der Waals surface area contributed by atoms with Gasteiger partial charge in [-0.05, 0) is 31.2 Å². The third kappa shape index (κ3) is 2.60. The number of pyridine rings is 1. The number of rotatable bonds is 3. The average Bonchev–Trinajstić information content (AvgIpc) is 2.34. The van der Waals surface area contributed by atoms with Crippen LogP contribution in [0.25, 0.3) is 0 Å². The Kier molecular flexibility index (Phi) is 3.48. The van der Waals surface area contributed by atoms with Crippen molar-refractivity contribution in [3.05, 3.63) is 52.8 Å². The van der Waals surface area contributed by atoms with Gasteiger partial charge in [-0.3, -0.25) is 4.98 Å². The first-order chi connectivity index (χ1) is 8.58. The summed E-state index contributed by atoms with van der Waals surface area (Å²) in [5.41, 5.74) is 0.880. The maximum Gasteiger partial charge on any atom is 0.337 e. The molecule has 0 bridgehead atoms. The fourth-order valence-electron chi connectivity index (χ4n) is 1.43. The van der Waals surface area contributed by atoms with E-state index in [0.29, 0.717) is 11.5 Å². The molecule has 0 amide bonds. The fourth-order valence-corrected chi connectivity index (χ4v) is 1.63. The maximum atomic E-state index is 10.9. The molecule has 4 nitrogen and oxygen atoms in total. The molecule has 0 unspecified atom stereocenters. The van der Waals surface area contributed by atoms with Gasteiger partial charge in [0, 0.05) is 18.0 Å². The van der Waals surface area contributed by atoms with Crippen molar-refractivity contribution < 1.29 is 14.6 Å². The molecule has 0 saturated heterocycles. The molecule has 0 aliphatic carbocycles. The summed E-state index contributed by atoms with van der Waals surface area (Å²) in [7, 11) is 0. The minimum Gasteiger partial charge on any atom is -0.478 e. The molecule has 92 valence electrons. The first-order valence-corrected chi connectivity index (χ1v) is 5.57. The van der Waals surface area contributed by atoms with E-state index in [4.69, 9.17) is 21.4 Å². The minimum atomic E-state index is -1.09. The van der Waals surface area contributed by atoms with Gasteiger partial charge in [-0.1, -0.05) is 11.6 Å². The third-order valence-corrected chi connectivity index (χ3v) is 2.69. The largest absolute Gasteiger partial charge is 0.478 e. The van der Waals surface area contributed by atoms with Crippen molar-refractivity contribution in [1.29, 1.82) is 0 Å². The van der Waals surface area contributed by atoms with E-state index in [0.717, 1.165) is 5.56 Å². The molecule has 1 N–H and O–H groups in total. The second-order valence-electron chi connectivity index (χ2n) is 3.69. The van der Waals surface area contributed by atoms with Crippen LogP contribution in [0.5, 0.6) is 11.5 Å². The van der Waals surface area contributed by atoms with Gasteiger partial charge in [0.2, 0.25) is 0 Å². The Balaban J connectivity index is 2.33. The first-order valence-electron chi connectivity index (χ1n) is 5.19. The molecule has 1 aromatic heterocycles. The minimum absolute atomic E-state index is 0.0147. The number of aromatic nitrogens is 1. The summed E-state index contributed by atoms with van der Waals surface area (Å²) in [6, 6.07) is 6.22. The van der Waals surface area contributed by atoms with Crippen LogP contribution in [0.3, 0.4) is 0 Å². The topological polar surface area (TPSA) is 59.4 Å². The molecule has 1 aromatic carbocycles. The number of carbonyl (C=O) groups is 1. The van der Waals surface area contributed by atoms with E-state index in [9.17, 15) is 4.79 Å². The SMILES string of the molecule is Cc1cnccc1Oc1ccc(Cl)c(C(=O)O)c1. The average molecular weight is 264 g/mol. The van der Waals surface area contributed by atoms with Gasteiger partial charge in [0.15, 0.2) is 0 Å². The highest BCUT2D eigenvalue weighted by Gasteiger charge is 2.10. The Morgan fingerprint density at radius 2 is 2.17 bits per heavy atom. The molecule has 1 heterocycles. The number of ether oxygens (including phenoxy) is 1. The van der Waals surface area contributed by atoms with Gasteiger partial charge in [-0.15, -0.1) is 0 Å². The Morgan fingerprint density at radius 3 is 2.83 bits per heavy atom. The van der Waals surface area contributed by atoms with Crippen LogP contribution in [0.2, 0.25) is 5.02 Å². The molecular weight excluding hydrogens is 254 g/mol. The van der Waals surface area contributed by atoms with Crippen LogP contribution < -0.4 is 4.74 Å². The molecule has 2 rings (SSSR count). The third-order valence-electron chi connectivity index (χ3n) is 2.36. The predicted octanol–water partition coefficient (Wildman–Crippen LogP) is 3.53. The molecular formula is C13H10ClNO3. The molecule has 0 aliphatic heterocycles. The summed E-state index contributed by atoms with van der Waals surface area (Å²) in [6.45, 7) is 1.86. The van der Waals surface area contributed by atoms with Crippen LogP contribution in [0, 0.1) is 6.92 Å². The van der Waals surface area contributed by atoms with Crippen LogP contribution in [0.1, 0.15) is 15.9 Å².